The predicted octanol–water partition coefficient (Wildman–Crippen LogP) is 7.91. The molecular weight excluding hydrogens is 412 g/mol. The molecule has 6 aromatic rings. The Kier molecular flexibility index (Phi) is 5.56. The average molecular weight is 434 g/mol. The summed E-state index contributed by atoms with van der Waals surface area (Å²) in [5, 5.41) is 11.4. The van der Waals surface area contributed by atoms with E-state index in [1.807, 2.05) is 97.1 Å². The highest BCUT2D eigenvalue weighted by atomic mass is 16.5. The summed E-state index contributed by atoms with van der Waals surface area (Å²) in [5.74, 6) is 2.74. The van der Waals surface area contributed by atoms with Gasteiger partial charge in [-0.15, -0.1) is 0 Å². The highest BCUT2D eigenvalue weighted by molar-refractivity contribution is 5.84. The first kappa shape index (κ1) is 20.5. The molecule has 0 aliphatic carbocycles. The van der Waals surface area contributed by atoms with Gasteiger partial charge in [0.2, 0.25) is 0 Å². The van der Waals surface area contributed by atoms with Gasteiger partial charge < -0.3 is 18.7 Å². The van der Waals surface area contributed by atoms with Crippen LogP contribution in [0.1, 0.15) is 0 Å². The molecule has 0 unspecified atom stereocenters. The van der Waals surface area contributed by atoms with Gasteiger partial charge in [-0.2, -0.15) is 0 Å². The van der Waals surface area contributed by atoms with E-state index in [1.165, 1.54) is 0 Å². The van der Waals surface area contributed by atoms with Crippen LogP contribution >= 0.6 is 0 Å². The van der Waals surface area contributed by atoms with Gasteiger partial charge in [-0.3, -0.25) is 0 Å². The number of rotatable bonds is 3. The maximum atomic E-state index is 9.35. The third-order valence-electron chi connectivity index (χ3n) is 5.35. The third-order valence-corrected chi connectivity index (χ3v) is 5.35. The van der Waals surface area contributed by atoms with Crippen molar-refractivity contribution in [2.75, 3.05) is 7.11 Å². The standard InChI is InChI=1S/C15H12O2.C14H10O2/c1-16-13-8-7-12-9-14(17-15(12)10-13)11-5-3-2-4-6-11;15-12-7-6-11-8-13(16-14(11)9-12)10-4-2-1-3-5-10/h2-10H,1H3;1-9,15H. The van der Waals surface area contributed by atoms with E-state index in [1.54, 1.807) is 19.2 Å². The molecule has 0 saturated heterocycles. The fraction of sp³-hybridized carbons (Fsp3) is 0.0345. The van der Waals surface area contributed by atoms with Gasteiger partial charge in [0.05, 0.1) is 7.11 Å². The normalized spacial score (nSPS) is 10.7. The summed E-state index contributed by atoms with van der Waals surface area (Å²) >= 11 is 0. The van der Waals surface area contributed by atoms with Crippen molar-refractivity contribution < 1.29 is 18.7 Å². The van der Waals surface area contributed by atoms with Crippen LogP contribution in [-0.4, -0.2) is 12.2 Å². The first-order valence-electron chi connectivity index (χ1n) is 10.6. The van der Waals surface area contributed by atoms with Gasteiger partial charge in [0, 0.05) is 34.0 Å². The fourth-order valence-corrected chi connectivity index (χ4v) is 3.65. The van der Waals surface area contributed by atoms with Gasteiger partial charge in [0.15, 0.2) is 0 Å². The van der Waals surface area contributed by atoms with Crippen molar-refractivity contribution in [2.24, 2.45) is 0 Å². The lowest BCUT2D eigenvalue weighted by molar-refractivity contribution is 0.414. The van der Waals surface area contributed by atoms with Crippen LogP contribution in [0.25, 0.3) is 44.6 Å². The molecule has 0 aliphatic rings. The van der Waals surface area contributed by atoms with Gasteiger partial charge in [-0.1, -0.05) is 60.7 Å². The second-order valence-corrected chi connectivity index (χ2v) is 7.58. The molecule has 6 rings (SSSR count). The molecule has 0 bridgehead atoms. The van der Waals surface area contributed by atoms with Crippen LogP contribution in [0.15, 0.2) is 118 Å². The summed E-state index contributed by atoms with van der Waals surface area (Å²) in [4.78, 5) is 0. The lowest BCUT2D eigenvalue weighted by Gasteiger charge is -1.97. The molecule has 4 aromatic carbocycles. The Bertz CT molecular complexity index is 1490. The number of benzene rings is 4. The van der Waals surface area contributed by atoms with Crippen molar-refractivity contribution in [1.82, 2.24) is 0 Å². The van der Waals surface area contributed by atoms with Crippen molar-refractivity contribution in [2.45, 2.75) is 0 Å². The molecule has 0 fully saturated rings. The van der Waals surface area contributed by atoms with Crippen molar-refractivity contribution in [1.29, 1.82) is 0 Å². The van der Waals surface area contributed by atoms with Crippen LogP contribution in [0.2, 0.25) is 0 Å². The number of fused-ring (bicyclic) bond motifs is 2. The molecule has 0 aliphatic heterocycles. The van der Waals surface area contributed by atoms with Crippen LogP contribution in [0, 0.1) is 0 Å². The molecular formula is C29H22O4. The lowest BCUT2D eigenvalue weighted by atomic mass is 10.1. The van der Waals surface area contributed by atoms with E-state index in [2.05, 4.69) is 0 Å². The molecule has 2 heterocycles. The van der Waals surface area contributed by atoms with E-state index in [4.69, 9.17) is 13.6 Å². The first-order chi connectivity index (χ1) is 16.2. The number of aromatic hydroxyl groups is 1. The van der Waals surface area contributed by atoms with Crippen LogP contribution in [-0.2, 0) is 0 Å². The van der Waals surface area contributed by atoms with Crippen LogP contribution in [0.4, 0.5) is 0 Å². The molecule has 0 spiro atoms. The van der Waals surface area contributed by atoms with Crippen molar-refractivity contribution in [3.63, 3.8) is 0 Å². The summed E-state index contributed by atoms with van der Waals surface area (Å²) in [6.07, 6.45) is 0. The molecule has 0 amide bonds. The molecule has 0 saturated carbocycles. The van der Waals surface area contributed by atoms with Crippen LogP contribution < -0.4 is 4.74 Å². The smallest absolute Gasteiger partial charge is 0.138 e. The van der Waals surface area contributed by atoms with Gasteiger partial charge in [-0.25, -0.2) is 0 Å². The van der Waals surface area contributed by atoms with E-state index >= 15 is 0 Å². The Hall–Kier alpha value is -4.44. The Labute approximate surface area is 191 Å². The monoisotopic (exact) mass is 434 g/mol. The maximum Gasteiger partial charge on any atom is 0.138 e. The van der Waals surface area contributed by atoms with Crippen LogP contribution in [0.5, 0.6) is 11.5 Å². The summed E-state index contributed by atoms with van der Waals surface area (Å²) in [6.45, 7) is 0. The fourth-order valence-electron chi connectivity index (χ4n) is 3.65. The zero-order valence-electron chi connectivity index (χ0n) is 18.1. The zero-order chi connectivity index (χ0) is 22.6. The third kappa shape index (κ3) is 4.46. The summed E-state index contributed by atoms with van der Waals surface area (Å²) in [6, 6.07) is 35.0. The average Bonchev–Trinajstić information content (AvgIpc) is 3.49. The number of ether oxygens (including phenoxy) is 1. The molecule has 4 nitrogen and oxygen atoms in total. The number of hydrogen-bond acceptors (Lipinski definition) is 4. The topological polar surface area (TPSA) is 55.7 Å². The number of methoxy groups -OCH3 is 1. The number of phenolic OH excluding ortho intramolecular Hbond substituents is 1. The number of hydrogen-bond donors (Lipinski definition) is 1. The quantitative estimate of drug-likeness (QED) is 0.307. The minimum Gasteiger partial charge on any atom is -0.508 e. The molecule has 1 N–H and O–H groups in total. The van der Waals surface area contributed by atoms with E-state index in [0.29, 0.717) is 5.58 Å². The molecule has 2 aromatic heterocycles. The summed E-state index contributed by atoms with van der Waals surface area (Å²) in [5.41, 5.74) is 3.68. The Morgan fingerprint density at radius 3 is 1.64 bits per heavy atom. The predicted molar refractivity (Wildman–Crippen MR) is 132 cm³/mol. The number of phenols is 1. The van der Waals surface area contributed by atoms with E-state index in [-0.39, 0.29) is 5.75 Å². The van der Waals surface area contributed by atoms with Crippen molar-refractivity contribution in [3.8, 4) is 34.1 Å². The van der Waals surface area contributed by atoms with Gasteiger partial charge in [-0.05, 0) is 36.4 Å². The minimum atomic E-state index is 0.224. The number of furan rings is 2. The Morgan fingerprint density at radius 2 is 1.09 bits per heavy atom. The van der Waals surface area contributed by atoms with E-state index < -0.39 is 0 Å². The highest BCUT2D eigenvalue weighted by Crippen LogP contribution is 2.30. The molecule has 162 valence electrons. The van der Waals surface area contributed by atoms with Crippen molar-refractivity contribution in [3.05, 3.63) is 109 Å². The lowest BCUT2D eigenvalue weighted by Crippen LogP contribution is -1.79. The van der Waals surface area contributed by atoms with Crippen molar-refractivity contribution >= 4 is 21.9 Å². The van der Waals surface area contributed by atoms with Gasteiger partial charge in [0.25, 0.3) is 0 Å². The first-order valence-corrected chi connectivity index (χ1v) is 10.6. The van der Waals surface area contributed by atoms with Crippen LogP contribution in [0.3, 0.4) is 0 Å². The largest absolute Gasteiger partial charge is 0.508 e. The zero-order valence-corrected chi connectivity index (χ0v) is 18.1. The van der Waals surface area contributed by atoms with E-state index in [9.17, 15) is 5.11 Å². The Balaban J connectivity index is 0.000000139. The highest BCUT2D eigenvalue weighted by Gasteiger charge is 2.07. The molecule has 33 heavy (non-hydrogen) atoms. The second kappa shape index (κ2) is 8.97. The van der Waals surface area contributed by atoms with Gasteiger partial charge in [0.1, 0.15) is 34.2 Å². The summed E-state index contributed by atoms with van der Waals surface area (Å²) < 4.78 is 16.7. The summed E-state index contributed by atoms with van der Waals surface area (Å²) in [7, 11) is 1.65. The minimum absolute atomic E-state index is 0.224. The maximum absolute atomic E-state index is 9.35. The van der Waals surface area contributed by atoms with E-state index in [0.717, 1.165) is 44.8 Å². The second-order valence-electron chi connectivity index (χ2n) is 7.58. The Morgan fingerprint density at radius 1 is 0.576 bits per heavy atom. The van der Waals surface area contributed by atoms with Gasteiger partial charge >= 0.3 is 0 Å². The SMILES string of the molecule is COc1ccc2cc(-c3ccccc3)oc2c1.Oc1ccc2cc(-c3ccccc3)oc2c1. The molecule has 0 atom stereocenters. The molecule has 0 radical (unpaired) electrons. The molecule has 4 heteroatoms.